The summed E-state index contributed by atoms with van der Waals surface area (Å²) in [6.45, 7) is 0. The summed E-state index contributed by atoms with van der Waals surface area (Å²) in [6, 6.07) is 0. The van der Waals surface area contributed by atoms with Gasteiger partial charge in [-0.15, -0.1) is 25.7 Å². The first-order chi connectivity index (χ1) is 10.0. The average molecular weight is 352 g/mol. The maximum atomic E-state index is 2.99. The normalized spacial score (nSPS) is 16.8. The second-order valence-corrected chi connectivity index (χ2v) is 4.01. The van der Waals surface area contributed by atoms with E-state index >= 15 is 0 Å². The summed E-state index contributed by atoms with van der Waals surface area (Å²) in [7, 11) is 0. The van der Waals surface area contributed by atoms with Crippen LogP contribution in [-0.4, -0.2) is 0 Å². The molecule has 4 rings (SSSR count). The summed E-state index contributed by atoms with van der Waals surface area (Å²) in [5, 5.41) is 0. The van der Waals surface area contributed by atoms with Crippen molar-refractivity contribution in [2.24, 2.45) is 0 Å². The predicted molar refractivity (Wildman–Crippen MR) is 86.3 cm³/mol. The molecule has 0 aromatic rings. The largest absolute Gasteiger partial charge is 4.00 e. The van der Waals surface area contributed by atoms with E-state index in [-0.39, 0.29) is 26.2 Å². The van der Waals surface area contributed by atoms with Crippen LogP contribution >= 0.6 is 0 Å². The summed E-state index contributed by atoms with van der Waals surface area (Å²) < 4.78 is 0. The zero-order valence-corrected chi connectivity index (χ0v) is 14.7. The molecule has 0 heterocycles. The Kier molecular flexibility index (Phi) is 15.9. The van der Waals surface area contributed by atoms with E-state index in [0.29, 0.717) is 0 Å². The van der Waals surface area contributed by atoms with E-state index in [9.17, 15) is 0 Å². The molecule has 0 unspecified atom stereocenters. The first-order valence-corrected chi connectivity index (χ1v) is 6.87. The first kappa shape index (κ1) is 19.8. The van der Waals surface area contributed by atoms with Crippen molar-refractivity contribution in [3.8, 4) is 0 Å². The first-order valence-electron chi connectivity index (χ1n) is 6.87. The van der Waals surface area contributed by atoms with Crippen LogP contribution in [0.5, 0.6) is 0 Å². The van der Waals surface area contributed by atoms with Gasteiger partial charge in [0.2, 0.25) is 0 Å². The van der Waals surface area contributed by atoms with Crippen molar-refractivity contribution in [2.45, 2.75) is 25.7 Å². The molecule has 4 aliphatic carbocycles. The van der Waals surface area contributed by atoms with Crippen LogP contribution in [0.25, 0.3) is 0 Å². The second-order valence-electron chi connectivity index (χ2n) is 4.01. The molecule has 0 N–H and O–H groups in total. The summed E-state index contributed by atoms with van der Waals surface area (Å²) in [6.07, 6.45) is 40.0. The minimum atomic E-state index is 0. The summed E-state index contributed by atoms with van der Waals surface area (Å²) in [5.41, 5.74) is 0. The fraction of sp³-hybridized carbons (Fsp3) is 0.200. The SMILES string of the molecule is [C-]1=CC=CC1.[C-]1=CC=CC1.[C-]1=CC=CC1.[C-]1=CC=CC1.[Zr+4]. The van der Waals surface area contributed by atoms with Gasteiger partial charge in [0.1, 0.15) is 0 Å². The van der Waals surface area contributed by atoms with Gasteiger partial charge >= 0.3 is 26.2 Å². The number of hydrogen-bond acceptors (Lipinski definition) is 0. The van der Waals surface area contributed by atoms with Crippen LogP contribution < -0.4 is 0 Å². The monoisotopic (exact) mass is 350 g/mol. The molecule has 0 spiro atoms. The van der Waals surface area contributed by atoms with Crippen LogP contribution in [0.2, 0.25) is 0 Å². The molecule has 0 bridgehead atoms. The second kappa shape index (κ2) is 16.9. The van der Waals surface area contributed by atoms with E-state index in [1.807, 2.05) is 48.6 Å². The third-order valence-corrected chi connectivity index (χ3v) is 2.34. The van der Waals surface area contributed by atoms with Crippen molar-refractivity contribution in [1.29, 1.82) is 0 Å². The van der Waals surface area contributed by atoms with Gasteiger partial charge < -0.3 is 0 Å². The Bertz CT molecular complexity index is 326. The van der Waals surface area contributed by atoms with Gasteiger partial charge in [0.25, 0.3) is 0 Å². The molecule has 0 radical (unpaired) electrons. The quantitative estimate of drug-likeness (QED) is 0.525. The van der Waals surface area contributed by atoms with E-state index in [4.69, 9.17) is 0 Å². The van der Waals surface area contributed by atoms with Crippen LogP contribution in [0.4, 0.5) is 0 Å². The fourth-order valence-electron chi connectivity index (χ4n) is 1.36. The average Bonchev–Trinajstić information content (AvgIpc) is 3.40. The van der Waals surface area contributed by atoms with Gasteiger partial charge in [0.05, 0.1) is 0 Å². The van der Waals surface area contributed by atoms with Gasteiger partial charge in [-0.3, -0.25) is 24.3 Å². The molecule has 0 aliphatic heterocycles. The maximum Gasteiger partial charge on any atom is 4.00 e. The van der Waals surface area contributed by atoms with Gasteiger partial charge in [0.15, 0.2) is 0 Å². The minimum Gasteiger partial charge on any atom is -0.273 e. The number of hydrogen-bond donors (Lipinski definition) is 0. The molecule has 0 nitrogen and oxygen atoms in total. The predicted octanol–water partition coefficient (Wildman–Crippen LogP) is 5.22. The Morgan fingerprint density at radius 3 is 0.714 bits per heavy atom. The van der Waals surface area contributed by atoms with Gasteiger partial charge in [-0.05, 0) is 0 Å². The van der Waals surface area contributed by atoms with Gasteiger partial charge in [-0.2, -0.15) is 24.3 Å². The number of rotatable bonds is 0. The van der Waals surface area contributed by atoms with Crippen LogP contribution in [0.15, 0.2) is 72.9 Å². The van der Waals surface area contributed by atoms with Crippen LogP contribution in [0.1, 0.15) is 25.7 Å². The van der Waals surface area contributed by atoms with E-state index in [2.05, 4.69) is 48.6 Å². The van der Waals surface area contributed by atoms with E-state index < -0.39 is 0 Å². The maximum absolute atomic E-state index is 2.99. The summed E-state index contributed by atoms with van der Waals surface area (Å²) in [4.78, 5) is 0. The van der Waals surface area contributed by atoms with Gasteiger partial charge in [-0.25, -0.2) is 48.6 Å². The van der Waals surface area contributed by atoms with Crippen molar-refractivity contribution in [3.05, 3.63) is 97.2 Å². The molecule has 104 valence electrons. The zero-order valence-electron chi connectivity index (χ0n) is 12.3. The van der Waals surface area contributed by atoms with Gasteiger partial charge in [0, 0.05) is 0 Å². The molecule has 0 atom stereocenters. The van der Waals surface area contributed by atoms with E-state index in [1.54, 1.807) is 0 Å². The Morgan fingerprint density at radius 2 is 0.667 bits per heavy atom. The van der Waals surface area contributed by atoms with Crippen molar-refractivity contribution < 1.29 is 26.2 Å². The third kappa shape index (κ3) is 15.0. The molecular formula is C20H20Zr. The van der Waals surface area contributed by atoms with Crippen LogP contribution in [0, 0.1) is 24.3 Å². The third-order valence-electron chi connectivity index (χ3n) is 2.34. The fourth-order valence-corrected chi connectivity index (χ4v) is 1.36. The molecule has 0 saturated carbocycles. The smallest absolute Gasteiger partial charge is 0.273 e. The zero-order chi connectivity index (χ0) is 14.1. The molecule has 0 amide bonds. The van der Waals surface area contributed by atoms with E-state index in [0.717, 1.165) is 25.7 Å². The molecule has 0 aromatic carbocycles. The molecule has 0 fully saturated rings. The molecular weight excluding hydrogens is 331 g/mol. The Morgan fingerprint density at radius 1 is 0.429 bits per heavy atom. The summed E-state index contributed by atoms with van der Waals surface area (Å²) in [5.74, 6) is 0. The molecule has 21 heavy (non-hydrogen) atoms. The van der Waals surface area contributed by atoms with Crippen molar-refractivity contribution in [2.75, 3.05) is 0 Å². The van der Waals surface area contributed by atoms with Crippen molar-refractivity contribution in [3.63, 3.8) is 0 Å². The topological polar surface area (TPSA) is 0 Å². The minimum absolute atomic E-state index is 0. The summed E-state index contributed by atoms with van der Waals surface area (Å²) >= 11 is 0. The Hall–Kier alpha value is -1.20. The molecule has 0 aromatic heterocycles. The Balaban J connectivity index is 0.000000250. The number of allylic oxidation sites excluding steroid dienone is 16. The Labute approximate surface area is 148 Å². The van der Waals surface area contributed by atoms with Crippen molar-refractivity contribution >= 4 is 0 Å². The molecule has 4 aliphatic rings. The molecule has 1 heteroatoms. The van der Waals surface area contributed by atoms with Crippen molar-refractivity contribution in [1.82, 2.24) is 0 Å². The standard InChI is InChI=1S/4C5H5.Zr/c4*1-2-4-5-3-1;/h4*1-3H,4H2;/q4*-1;+4. The van der Waals surface area contributed by atoms with Crippen LogP contribution in [0.3, 0.4) is 0 Å². The molecule has 0 saturated heterocycles. The van der Waals surface area contributed by atoms with E-state index in [1.165, 1.54) is 0 Å². The van der Waals surface area contributed by atoms with Crippen LogP contribution in [-0.2, 0) is 26.2 Å². The van der Waals surface area contributed by atoms with Gasteiger partial charge in [-0.1, -0.05) is 0 Å².